The van der Waals surface area contributed by atoms with Crippen molar-refractivity contribution in [3.8, 4) is 5.75 Å². The Balaban J connectivity index is 1.59. The van der Waals surface area contributed by atoms with Gasteiger partial charge in [0.05, 0.1) is 12.6 Å². The van der Waals surface area contributed by atoms with E-state index in [2.05, 4.69) is 41.2 Å². The number of benzene rings is 2. The number of aromatic nitrogens is 2. The molecule has 1 heterocycles. The number of phenols is 1. The third kappa shape index (κ3) is 4.94. The van der Waals surface area contributed by atoms with Crippen molar-refractivity contribution in [3.05, 3.63) is 83.7 Å². The summed E-state index contributed by atoms with van der Waals surface area (Å²) < 4.78 is 1.90. The minimum absolute atomic E-state index is 0.178. The minimum Gasteiger partial charge on any atom is -0.508 e. The maximum absolute atomic E-state index is 10.4. The van der Waals surface area contributed by atoms with Gasteiger partial charge in [0.1, 0.15) is 5.75 Å². The number of phenolic OH excluding ortho intramolecular Hbond substituents is 1. The van der Waals surface area contributed by atoms with E-state index in [1.165, 1.54) is 11.1 Å². The van der Waals surface area contributed by atoms with Crippen molar-refractivity contribution in [1.82, 2.24) is 14.7 Å². The number of nitrogens with zero attached hydrogens (tertiary/aromatic N) is 3. The van der Waals surface area contributed by atoms with Gasteiger partial charge in [0.15, 0.2) is 0 Å². The number of aliphatic hydroxyl groups excluding tert-OH is 1. The summed E-state index contributed by atoms with van der Waals surface area (Å²) in [5.41, 5.74) is 3.15. The molecule has 0 saturated carbocycles. The van der Waals surface area contributed by atoms with Crippen LogP contribution in [0, 0.1) is 0 Å². The van der Waals surface area contributed by atoms with Crippen molar-refractivity contribution >= 4 is 0 Å². The summed E-state index contributed by atoms with van der Waals surface area (Å²) in [5.74, 6) is 0.178. The molecule has 136 valence electrons. The zero-order valence-corrected chi connectivity index (χ0v) is 15.0. The summed E-state index contributed by atoms with van der Waals surface area (Å²) in [7, 11) is 0. The summed E-state index contributed by atoms with van der Waals surface area (Å²) in [4.78, 5) is 2.19. The second kappa shape index (κ2) is 8.65. The molecule has 0 bridgehead atoms. The topological polar surface area (TPSA) is 61.5 Å². The largest absolute Gasteiger partial charge is 0.508 e. The lowest BCUT2D eigenvalue weighted by molar-refractivity contribution is 0.112. The number of aromatic hydroxyl groups is 1. The average Bonchev–Trinajstić information content (AvgIpc) is 3.15. The van der Waals surface area contributed by atoms with Crippen LogP contribution in [0.3, 0.4) is 0 Å². The molecule has 0 fully saturated rings. The van der Waals surface area contributed by atoms with E-state index in [9.17, 15) is 10.2 Å². The molecule has 0 radical (unpaired) electrons. The predicted octanol–water partition coefficient (Wildman–Crippen LogP) is 3.19. The standard InChI is InChI=1S/C21H25N3O2/c1-2-23(16-21(26)19-5-3-6-20(25)13-19)14-17-7-9-18(10-8-17)15-24-12-4-11-22-24/h3-13,21,25-26H,2,14-16H2,1H3. The molecular weight excluding hydrogens is 326 g/mol. The molecule has 5 heteroatoms. The van der Waals surface area contributed by atoms with Crippen LogP contribution in [-0.2, 0) is 13.1 Å². The summed E-state index contributed by atoms with van der Waals surface area (Å²) in [6.07, 6.45) is 3.11. The first-order valence-corrected chi connectivity index (χ1v) is 8.88. The molecule has 2 N–H and O–H groups in total. The normalized spacial score (nSPS) is 12.4. The number of aliphatic hydroxyl groups is 1. The van der Waals surface area contributed by atoms with Crippen LogP contribution in [0.15, 0.2) is 67.0 Å². The van der Waals surface area contributed by atoms with E-state index in [1.54, 1.807) is 24.4 Å². The Morgan fingerprint density at radius 2 is 1.85 bits per heavy atom. The molecule has 0 spiro atoms. The van der Waals surface area contributed by atoms with Crippen molar-refractivity contribution in [1.29, 1.82) is 0 Å². The Kier molecular flexibility index (Phi) is 6.04. The highest BCUT2D eigenvalue weighted by atomic mass is 16.3. The zero-order chi connectivity index (χ0) is 18.4. The number of likely N-dealkylation sites (N-methyl/N-ethyl adjacent to an activating group) is 1. The van der Waals surface area contributed by atoms with Gasteiger partial charge in [-0.2, -0.15) is 5.10 Å². The Labute approximate surface area is 154 Å². The first-order valence-electron chi connectivity index (χ1n) is 8.88. The van der Waals surface area contributed by atoms with Crippen LogP contribution < -0.4 is 0 Å². The van der Waals surface area contributed by atoms with Crippen LogP contribution >= 0.6 is 0 Å². The van der Waals surface area contributed by atoms with Crippen LogP contribution in [-0.4, -0.2) is 38.0 Å². The lowest BCUT2D eigenvalue weighted by Gasteiger charge is -2.24. The van der Waals surface area contributed by atoms with Gasteiger partial charge in [-0.15, -0.1) is 0 Å². The summed E-state index contributed by atoms with van der Waals surface area (Å²) in [6.45, 7) is 4.98. The van der Waals surface area contributed by atoms with Crippen LogP contribution in [0.4, 0.5) is 0 Å². The summed E-state index contributed by atoms with van der Waals surface area (Å²) >= 11 is 0. The molecule has 3 aromatic rings. The Hall–Kier alpha value is -2.63. The van der Waals surface area contributed by atoms with Crippen LogP contribution in [0.5, 0.6) is 5.75 Å². The van der Waals surface area contributed by atoms with Gasteiger partial charge >= 0.3 is 0 Å². The Bertz CT molecular complexity index is 800. The van der Waals surface area contributed by atoms with E-state index in [0.717, 1.165) is 25.2 Å². The van der Waals surface area contributed by atoms with Crippen molar-refractivity contribution < 1.29 is 10.2 Å². The zero-order valence-electron chi connectivity index (χ0n) is 15.0. The highest BCUT2D eigenvalue weighted by Gasteiger charge is 2.13. The smallest absolute Gasteiger partial charge is 0.115 e. The number of hydrogen-bond donors (Lipinski definition) is 2. The van der Waals surface area contributed by atoms with Crippen molar-refractivity contribution in [2.24, 2.45) is 0 Å². The monoisotopic (exact) mass is 351 g/mol. The van der Waals surface area contributed by atoms with Crippen molar-refractivity contribution in [2.45, 2.75) is 26.1 Å². The number of rotatable bonds is 8. The van der Waals surface area contributed by atoms with Gasteiger partial charge in [0.25, 0.3) is 0 Å². The lowest BCUT2D eigenvalue weighted by atomic mass is 10.1. The van der Waals surface area contributed by atoms with Gasteiger partial charge in [-0.1, -0.05) is 43.3 Å². The van der Waals surface area contributed by atoms with Crippen LogP contribution in [0.2, 0.25) is 0 Å². The average molecular weight is 351 g/mol. The molecule has 1 atom stereocenters. The van der Waals surface area contributed by atoms with E-state index < -0.39 is 6.10 Å². The molecule has 0 aliphatic rings. The van der Waals surface area contributed by atoms with Gasteiger partial charge in [0, 0.05) is 25.5 Å². The van der Waals surface area contributed by atoms with E-state index >= 15 is 0 Å². The van der Waals surface area contributed by atoms with Crippen LogP contribution in [0.25, 0.3) is 0 Å². The van der Waals surface area contributed by atoms with Gasteiger partial charge in [0.2, 0.25) is 0 Å². The van der Waals surface area contributed by atoms with Crippen LogP contribution in [0.1, 0.15) is 29.7 Å². The second-order valence-corrected chi connectivity index (χ2v) is 6.46. The highest BCUT2D eigenvalue weighted by molar-refractivity contribution is 5.29. The molecule has 3 rings (SSSR count). The first kappa shape index (κ1) is 18.2. The SMILES string of the molecule is CCN(Cc1ccc(Cn2cccn2)cc1)CC(O)c1cccc(O)c1. The molecule has 1 aromatic heterocycles. The summed E-state index contributed by atoms with van der Waals surface area (Å²) in [6, 6.07) is 17.2. The molecule has 26 heavy (non-hydrogen) atoms. The molecule has 0 aliphatic heterocycles. The van der Waals surface area contributed by atoms with Gasteiger partial charge in [-0.25, -0.2) is 0 Å². The number of hydrogen-bond acceptors (Lipinski definition) is 4. The fourth-order valence-electron chi connectivity index (χ4n) is 2.98. The van der Waals surface area contributed by atoms with E-state index in [0.29, 0.717) is 6.54 Å². The molecular formula is C21H25N3O2. The van der Waals surface area contributed by atoms with E-state index in [1.807, 2.05) is 23.0 Å². The molecule has 0 aliphatic carbocycles. The van der Waals surface area contributed by atoms with Gasteiger partial charge in [-0.05, 0) is 41.4 Å². The maximum Gasteiger partial charge on any atom is 0.115 e. The molecule has 1 unspecified atom stereocenters. The van der Waals surface area contributed by atoms with Gasteiger partial charge in [-0.3, -0.25) is 9.58 Å². The third-order valence-electron chi connectivity index (χ3n) is 4.47. The lowest BCUT2D eigenvalue weighted by Crippen LogP contribution is -2.28. The van der Waals surface area contributed by atoms with Gasteiger partial charge < -0.3 is 10.2 Å². The fraction of sp³-hybridized carbons (Fsp3) is 0.286. The summed E-state index contributed by atoms with van der Waals surface area (Å²) in [5, 5.41) is 24.3. The fourth-order valence-corrected chi connectivity index (χ4v) is 2.98. The second-order valence-electron chi connectivity index (χ2n) is 6.46. The van der Waals surface area contributed by atoms with E-state index in [-0.39, 0.29) is 5.75 Å². The molecule has 5 nitrogen and oxygen atoms in total. The quantitative estimate of drug-likeness (QED) is 0.654. The van der Waals surface area contributed by atoms with Crippen molar-refractivity contribution in [2.75, 3.05) is 13.1 Å². The highest BCUT2D eigenvalue weighted by Crippen LogP contribution is 2.20. The minimum atomic E-state index is -0.624. The maximum atomic E-state index is 10.4. The molecule has 2 aromatic carbocycles. The Morgan fingerprint density at radius 1 is 1.08 bits per heavy atom. The van der Waals surface area contributed by atoms with E-state index in [4.69, 9.17) is 0 Å². The molecule has 0 saturated heterocycles. The Morgan fingerprint density at radius 3 is 2.50 bits per heavy atom. The predicted molar refractivity (Wildman–Crippen MR) is 102 cm³/mol. The van der Waals surface area contributed by atoms with Crippen molar-refractivity contribution in [3.63, 3.8) is 0 Å². The third-order valence-corrected chi connectivity index (χ3v) is 4.47. The first-order chi connectivity index (χ1) is 12.6. The molecule has 0 amide bonds.